The van der Waals surface area contributed by atoms with E-state index in [0.29, 0.717) is 37.2 Å². The van der Waals surface area contributed by atoms with Crippen LogP contribution >= 0.6 is 0 Å². The molecule has 33 heavy (non-hydrogen) atoms. The number of hydrogen-bond donors (Lipinski definition) is 2. The van der Waals surface area contributed by atoms with E-state index in [1.807, 2.05) is 71.6 Å². The molecule has 3 amide bonds. The van der Waals surface area contributed by atoms with Crippen molar-refractivity contribution in [1.29, 1.82) is 0 Å². The number of rotatable bonds is 5. The molecule has 3 aromatic rings. The van der Waals surface area contributed by atoms with Crippen LogP contribution in [-0.4, -0.2) is 51.6 Å². The average molecular weight is 443 g/mol. The fourth-order valence-electron chi connectivity index (χ4n) is 4.80. The van der Waals surface area contributed by atoms with E-state index in [0.717, 1.165) is 5.56 Å². The third-order valence-corrected chi connectivity index (χ3v) is 6.70. The van der Waals surface area contributed by atoms with Crippen LogP contribution in [0.4, 0.5) is 4.79 Å². The van der Waals surface area contributed by atoms with Crippen molar-refractivity contribution in [3.63, 3.8) is 0 Å². The van der Waals surface area contributed by atoms with Crippen molar-refractivity contribution in [2.24, 2.45) is 0 Å². The van der Waals surface area contributed by atoms with Gasteiger partial charge in [0.2, 0.25) is 0 Å². The number of aromatic nitrogens is 1. The summed E-state index contributed by atoms with van der Waals surface area (Å²) >= 11 is 0. The molecule has 2 N–H and O–H groups in total. The first-order chi connectivity index (χ1) is 16.0. The zero-order chi connectivity index (χ0) is 22.9. The van der Waals surface area contributed by atoms with E-state index in [9.17, 15) is 14.7 Å². The van der Waals surface area contributed by atoms with E-state index in [2.05, 4.69) is 10.3 Å². The number of benzene rings is 2. The first-order valence-corrected chi connectivity index (χ1v) is 11.1. The summed E-state index contributed by atoms with van der Waals surface area (Å²) in [5.41, 5.74) is -0.203. The van der Waals surface area contributed by atoms with Crippen molar-refractivity contribution in [2.75, 3.05) is 19.8 Å². The number of carbonyl (C=O) groups is 2. The van der Waals surface area contributed by atoms with Crippen LogP contribution in [0.5, 0.6) is 0 Å². The van der Waals surface area contributed by atoms with Crippen LogP contribution in [0.15, 0.2) is 85.1 Å². The number of piperidine rings is 1. The van der Waals surface area contributed by atoms with Crippen LogP contribution < -0.4 is 5.32 Å². The number of urea groups is 1. The molecular formula is C26H26N4O3. The van der Waals surface area contributed by atoms with Gasteiger partial charge in [-0.2, -0.15) is 0 Å². The molecule has 1 atom stereocenters. The molecule has 0 radical (unpaired) electrons. The summed E-state index contributed by atoms with van der Waals surface area (Å²) < 4.78 is 0. The molecular weight excluding hydrogens is 416 g/mol. The van der Waals surface area contributed by atoms with E-state index in [4.69, 9.17) is 0 Å². The predicted octanol–water partition coefficient (Wildman–Crippen LogP) is 2.82. The normalized spacial score (nSPS) is 22.9. The van der Waals surface area contributed by atoms with Crippen LogP contribution in [-0.2, 0) is 15.9 Å². The lowest BCUT2D eigenvalue weighted by Gasteiger charge is -2.39. The lowest BCUT2D eigenvalue weighted by Crippen LogP contribution is -2.49. The van der Waals surface area contributed by atoms with Gasteiger partial charge >= 0.3 is 6.03 Å². The number of carbonyl (C=O) groups excluding carboxylic acids is 2. The fourth-order valence-corrected chi connectivity index (χ4v) is 4.80. The van der Waals surface area contributed by atoms with Crippen LogP contribution in [0.25, 0.3) is 0 Å². The molecule has 2 fully saturated rings. The highest BCUT2D eigenvalue weighted by Crippen LogP contribution is 2.36. The molecule has 0 bridgehead atoms. The number of hydrogen-bond acceptors (Lipinski definition) is 5. The molecule has 2 aromatic carbocycles. The Morgan fingerprint density at radius 2 is 1.45 bits per heavy atom. The van der Waals surface area contributed by atoms with Crippen molar-refractivity contribution in [2.45, 2.75) is 24.0 Å². The molecule has 2 aliphatic rings. The van der Waals surface area contributed by atoms with Crippen molar-refractivity contribution in [1.82, 2.24) is 20.1 Å². The number of amides is 3. The smallest absolute Gasteiger partial charge is 0.326 e. The van der Waals surface area contributed by atoms with Gasteiger partial charge in [0.15, 0.2) is 5.54 Å². The Hall–Kier alpha value is -3.55. The number of nitrogens with one attached hydrogen (secondary N) is 1. The summed E-state index contributed by atoms with van der Waals surface area (Å²) in [4.78, 5) is 34.6. The molecule has 7 nitrogen and oxygen atoms in total. The molecule has 1 unspecified atom stereocenters. The van der Waals surface area contributed by atoms with Gasteiger partial charge in [-0.3, -0.25) is 14.7 Å². The minimum Gasteiger partial charge on any atom is -0.385 e. The number of aliphatic hydroxyl groups is 1. The van der Waals surface area contributed by atoms with Gasteiger partial charge in [-0.1, -0.05) is 66.7 Å². The van der Waals surface area contributed by atoms with E-state index in [1.54, 1.807) is 18.3 Å². The number of nitrogens with zero attached hydrogens (tertiary/aromatic N) is 3. The third-order valence-electron chi connectivity index (χ3n) is 6.70. The van der Waals surface area contributed by atoms with Gasteiger partial charge in [0.25, 0.3) is 5.91 Å². The largest absolute Gasteiger partial charge is 0.385 e. The van der Waals surface area contributed by atoms with Crippen LogP contribution in [0.2, 0.25) is 0 Å². The average Bonchev–Trinajstić information content (AvgIpc) is 3.13. The second-order valence-corrected chi connectivity index (χ2v) is 8.65. The molecule has 2 aliphatic heterocycles. The number of pyridine rings is 1. The van der Waals surface area contributed by atoms with Crippen molar-refractivity contribution in [3.05, 3.63) is 102 Å². The molecule has 3 heterocycles. The Bertz CT molecular complexity index is 1090. The molecule has 0 aliphatic carbocycles. The lowest BCUT2D eigenvalue weighted by atomic mass is 9.84. The first kappa shape index (κ1) is 21.3. The van der Waals surface area contributed by atoms with E-state index < -0.39 is 17.2 Å². The molecule has 0 spiro atoms. The highest BCUT2D eigenvalue weighted by atomic mass is 16.3. The van der Waals surface area contributed by atoms with Crippen molar-refractivity contribution in [3.8, 4) is 0 Å². The minimum atomic E-state index is -1.36. The molecule has 168 valence electrons. The topological polar surface area (TPSA) is 85.8 Å². The zero-order valence-electron chi connectivity index (χ0n) is 18.2. The number of likely N-dealkylation sites (tertiary alicyclic amines) is 1. The van der Waals surface area contributed by atoms with Crippen LogP contribution in [0.1, 0.15) is 29.7 Å². The Balaban J connectivity index is 1.37. The summed E-state index contributed by atoms with van der Waals surface area (Å²) in [6, 6.07) is 23.8. The standard InChI is InChI=1S/C26H26N4O3/c31-23-26(21-11-5-2-6-12-21,22-13-7-8-16-27-22)28-24(32)30(23)19-29-17-14-25(33,15-18-29)20-9-3-1-4-10-20/h1-13,16,33H,14-15,17-19H2,(H,28,32). The van der Waals surface area contributed by atoms with Gasteiger partial charge in [-0.05, 0) is 36.1 Å². The maximum atomic E-state index is 13.8. The highest BCUT2D eigenvalue weighted by molar-refractivity contribution is 6.09. The highest BCUT2D eigenvalue weighted by Gasteiger charge is 2.55. The summed E-state index contributed by atoms with van der Waals surface area (Å²) in [5, 5.41) is 14.0. The molecule has 0 saturated carbocycles. The fraction of sp³-hybridized carbons (Fsp3) is 0.269. The first-order valence-electron chi connectivity index (χ1n) is 11.1. The summed E-state index contributed by atoms with van der Waals surface area (Å²) in [6.45, 7) is 1.31. The number of imide groups is 1. The monoisotopic (exact) mass is 442 g/mol. The van der Waals surface area contributed by atoms with E-state index >= 15 is 0 Å². The SMILES string of the molecule is O=C1NC(c2ccccc2)(c2ccccn2)C(=O)N1CN1CCC(O)(c2ccccc2)CC1. The molecule has 2 saturated heterocycles. The van der Waals surface area contributed by atoms with Gasteiger partial charge in [-0.25, -0.2) is 9.69 Å². The zero-order valence-corrected chi connectivity index (χ0v) is 18.2. The Morgan fingerprint density at radius 3 is 2.06 bits per heavy atom. The van der Waals surface area contributed by atoms with Crippen molar-refractivity contribution >= 4 is 11.9 Å². The maximum absolute atomic E-state index is 13.8. The quantitative estimate of drug-likeness (QED) is 0.594. The Kier molecular flexibility index (Phi) is 5.44. The lowest BCUT2D eigenvalue weighted by molar-refractivity contribution is -0.132. The van der Waals surface area contributed by atoms with Gasteiger partial charge in [0.1, 0.15) is 0 Å². The minimum absolute atomic E-state index is 0.164. The Morgan fingerprint density at radius 1 is 0.848 bits per heavy atom. The summed E-state index contributed by atoms with van der Waals surface area (Å²) in [7, 11) is 0. The summed E-state index contributed by atoms with van der Waals surface area (Å²) in [5.74, 6) is -0.346. The second kappa shape index (κ2) is 8.42. The predicted molar refractivity (Wildman–Crippen MR) is 123 cm³/mol. The third kappa shape index (κ3) is 3.69. The van der Waals surface area contributed by atoms with Gasteiger partial charge in [0, 0.05) is 19.3 Å². The maximum Gasteiger partial charge on any atom is 0.326 e. The van der Waals surface area contributed by atoms with Crippen LogP contribution in [0.3, 0.4) is 0 Å². The second-order valence-electron chi connectivity index (χ2n) is 8.65. The molecule has 1 aromatic heterocycles. The van der Waals surface area contributed by atoms with Gasteiger partial charge in [-0.15, -0.1) is 0 Å². The summed E-state index contributed by atoms with van der Waals surface area (Å²) in [6.07, 6.45) is 2.69. The Labute approximate surface area is 192 Å². The van der Waals surface area contributed by atoms with E-state index in [-0.39, 0.29) is 12.6 Å². The van der Waals surface area contributed by atoms with Gasteiger partial charge in [0.05, 0.1) is 18.0 Å². The van der Waals surface area contributed by atoms with Crippen LogP contribution in [0, 0.1) is 0 Å². The van der Waals surface area contributed by atoms with E-state index in [1.165, 1.54) is 4.90 Å². The molecule has 5 rings (SSSR count). The van der Waals surface area contributed by atoms with Crippen molar-refractivity contribution < 1.29 is 14.7 Å². The van der Waals surface area contributed by atoms with Gasteiger partial charge < -0.3 is 10.4 Å². The molecule has 7 heteroatoms.